The van der Waals surface area contributed by atoms with Crippen molar-refractivity contribution in [1.82, 2.24) is 15.0 Å². The third-order valence-electron chi connectivity index (χ3n) is 1.60. The van der Waals surface area contributed by atoms with Crippen molar-refractivity contribution < 1.29 is 14.3 Å². The number of hydrogen-bond donors (Lipinski definition) is 2. The minimum absolute atomic E-state index is 0.00935. The number of rotatable bonds is 2. The number of carboxylic acid groups (broad SMARTS) is 1. The topological polar surface area (TPSA) is 109 Å². The molecule has 0 saturated heterocycles. The average molecular weight is 207 g/mol. The van der Waals surface area contributed by atoms with Crippen molar-refractivity contribution >= 4 is 5.97 Å². The Balaban J connectivity index is 2.59. The van der Waals surface area contributed by atoms with Crippen LogP contribution in [0.15, 0.2) is 27.7 Å². The van der Waals surface area contributed by atoms with Gasteiger partial charge in [0.1, 0.15) is 6.26 Å². The van der Waals surface area contributed by atoms with Crippen molar-refractivity contribution in [1.29, 1.82) is 0 Å². The number of aromatic amines is 1. The molecule has 0 radical (unpaired) electrons. The molecule has 0 fully saturated rings. The second-order valence-electron chi connectivity index (χ2n) is 2.62. The molecule has 76 valence electrons. The minimum Gasteiger partial charge on any atom is -0.477 e. The van der Waals surface area contributed by atoms with Crippen LogP contribution in [0.1, 0.15) is 10.5 Å². The van der Waals surface area contributed by atoms with Gasteiger partial charge < -0.3 is 14.5 Å². The molecule has 0 amide bonds. The van der Waals surface area contributed by atoms with E-state index >= 15 is 0 Å². The van der Waals surface area contributed by atoms with E-state index in [0.717, 1.165) is 6.07 Å². The van der Waals surface area contributed by atoms with Crippen molar-refractivity contribution in [2.45, 2.75) is 0 Å². The molecule has 0 atom stereocenters. The van der Waals surface area contributed by atoms with Gasteiger partial charge in [-0.15, -0.1) is 0 Å². The molecule has 2 aromatic rings. The zero-order valence-electron chi connectivity index (χ0n) is 7.30. The fraction of sp³-hybridized carbons (Fsp3) is 0. The SMILES string of the molecule is O=C(O)c1cc(=O)[nH]c(-c2ncco2)n1. The smallest absolute Gasteiger partial charge is 0.354 e. The lowest BCUT2D eigenvalue weighted by Crippen LogP contribution is -2.13. The fourth-order valence-electron chi connectivity index (χ4n) is 1.01. The molecule has 0 saturated carbocycles. The number of nitrogens with one attached hydrogen (secondary N) is 1. The fourth-order valence-corrected chi connectivity index (χ4v) is 1.01. The third-order valence-corrected chi connectivity index (χ3v) is 1.60. The Morgan fingerprint density at radius 2 is 2.33 bits per heavy atom. The van der Waals surface area contributed by atoms with Crippen LogP contribution < -0.4 is 5.56 Å². The van der Waals surface area contributed by atoms with Crippen molar-refractivity contribution in [2.24, 2.45) is 0 Å². The van der Waals surface area contributed by atoms with Crippen LogP contribution in [0, 0.1) is 0 Å². The summed E-state index contributed by atoms with van der Waals surface area (Å²) < 4.78 is 4.87. The summed E-state index contributed by atoms with van der Waals surface area (Å²) in [4.78, 5) is 31.4. The quantitative estimate of drug-likeness (QED) is 0.723. The lowest BCUT2D eigenvalue weighted by atomic mass is 10.4. The number of carboxylic acids is 1. The number of aromatic nitrogens is 3. The second-order valence-corrected chi connectivity index (χ2v) is 2.62. The molecule has 0 spiro atoms. The largest absolute Gasteiger partial charge is 0.477 e. The highest BCUT2D eigenvalue weighted by Gasteiger charge is 2.11. The molecule has 7 heteroatoms. The van der Waals surface area contributed by atoms with Gasteiger partial charge in [0.25, 0.3) is 11.4 Å². The van der Waals surface area contributed by atoms with Gasteiger partial charge in [-0.1, -0.05) is 0 Å². The predicted octanol–water partition coefficient (Wildman–Crippen LogP) is 0.123. The first-order valence-corrected chi connectivity index (χ1v) is 3.91. The summed E-state index contributed by atoms with van der Waals surface area (Å²) in [6, 6.07) is 0.884. The Morgan fingerprint density at radius 1 is 1.53 bits per heavy atom. The van der Waals surface area contributed by atoms with Gasteiger partial charge in [-0.05, 0) is 0 Å². The lowest BCUT2D eigenvalue weighted by molar-refractivity contribution is 0.0690. The van der Waals surface area contributed by atoms with E-state index < -0.39 is 11.5 Å². The molecule has 0 aliphatic heterocycles. The second kappa shape index (κ2) is 3.37. The highest BCUT2D eigenvalue weighted by atomic mass is 16.4. The van der Waals surface area contributed by atoms with E-state index in [9.17, 15) is 9.59 Å². The van der Waals surface area contributed by atoms with Gasteiger partial charge in [0.2, 0.25) is 0 Å². The first kappa shape index (κ1) is 9.13. The van der Waals surface area contributed by atoms with E-state index in [1.54, 1.807) is 0 Å². The number of carbonyl (C=O) groups is 1. The molecule has 0 unspecified atom stereocenters. The van der Waals surface area contributed by atoms with Crippen LogP contribution in [-0.2, 0) is 0 Å². The number of aromatic carboxylic acids is 1. The molecule has 0 bridgehead atoms. The van der Waals surface area contributed by atoms with E-state index in [1.165, 1.54) is 12.5 Å². The molecule has 0 aliphatic rings. The van der Waals surface area contributed by atoms with Crippen molar-refractivity contribution in [3.63, 3.8) is 0 Å². The predicted molar refractivity (Wildman–Crippen MR) is 47.3 cm³/mol. The van der Waals surface area contributed by atoms with Gasteiger partial charge in [-0.25, -0.2) is 14.8 Å². The normalized spacial score (nSPS) is 10.1. The maximum absolute atomic E-state index is 11.1. The molecule has 2 rings (SSSR count). The van der Waals surface area contributed by atoms with Gasteiger partial charge in [0.05, 0.1) is 6.20 Å². The third kappa shape index (κ3) is 1.75. The Hall–Kier alpha value is -2.44. The number of nitrogens with zero attached hydrogens (tertiary/aromatic N) is 2. The van der Waals surface area contributed by atoms with Gasteiger partial charge >= 0.3 is 5.97 Å². The average Bonchev–Trinajstić information content (AvgIpc) is 2.69. The van der Waals surface area contributed by atoms with Gasteiger partial charge in [-0.3, -0.25) is 4.79 Å². The van der Waals surface area contributed by atoms with E-state index in [0.29, 0.717) is 0 Å². The van der Waals surface area contributed by atoms with E-state index in [4.69, 9.17) is 9.52 Å². The minimum atomic E-state index is -1.28. The summed E-state index contributed by atoms with van der Waals surface area (Å²) in [6.07, 6.45) is 2.66. The molecule has 2 N–H and O–H groups in total. The Kier molecular flexibility index (Phi) is 2.05. The molecular weight excluding hydrogens is 202 g/mol. The van der Waals surface area contributed by atoms with Crippen LogP contribution in [0.4, 0.5) is 0 Å². The molecule has 2 aromatic heterocycles. The van der Waals surface area contributed by atoms with E-state index in [2.05, 4.69) is 15.0 Å². The van der Waals surface area contributed by atoms with Crippen LogP contribution in [-0.4, -0.2) is 26.0 Å². The van der Waals surface area contributed by atoms with E-state index in [-0.39, 0.29) is 17.4 Å². The summed E-state index contributed by atoms with van der Waals surface area (Å²) in [5, 5.41) is 8.66. The molecule has 2 heterocycles. The molecule has 0 aromatic carbocycles. The van der Waals surface area contributed by atoms with E-state index in [1.807, 2.05) is 0 Å². The van der Waals surface area contributed by atoms with Gasteiger partial charge in [0, 0.05) is 6.07 Å². The Morgan fingerprint density at radius 3 is 2.93 bits per heavy atom. The molecule has 0 aliphatic carbocycles. The summed E-state index contributed by atoms with van der Waals surface area (Å²) in [7, 11) is 0. The summed E-state index contributed by atoms with van der Waals surface area (Å²) in [5.74, 6) is -1.23. The Labute approximate surface area is 82.4 Å². The molecular formula is C8H5N3O4. The van der Waals surface area contributed by atoms with Crippen LogP contribution in [0.2, 0.25) is 0 Å². The summed E-state index contributed by atoms with van der Waals surface area (Å²) in [5.41, 5.74) is -0.928. The summed E-state index contributed by atoms with van der Waals surface area (Å²) in [6.45, 7) is 0. The summed E-state index contributed by atoms with van der Waals surface area (Å²) >= 11 is 0. The lowest BCUT2D eigenvalue weighted by Gasteiger charge is -1.96. The van der Waals surface area contributed by atoms with Gasteiger partial charge in [-0.2, -0.15) is 0 Å². The maximum atomic E-state index is 11.1. The van der Waals surface area contributed by atoms with Crippen LogP contribution in [0.3, 0.4) is 0 Å². The first-order valence-electron chi connectivity index (χ1n) is 3.91. The first-order chi connectivity index (χ1) is 7.16. The van der Waals surface area contributed by atoms with Crippen LogP contribution >= 0.6 is 0 Å². The Bertz CT molecular complexity index is 543. The number of oxazole rings is 1. The highest BCUT2D eigenvalue weighted by molar-refractivity contribution is 5.85. The maximum Gasteiger partial charge on any atom is 0.354 e. The van der Waals surface area contributed by atoms with Crippen molar-refractivity contribution in [3.05, 3.63) is 34.6 Å². The highest BCUT2D eigenvalue weighted by Crippen LogP contribution is 2.09. The van der Waals surface area contributed by atoms with Crippen molar-refractivity contribution in [2.75, 3.05) is 0 Å². The van der Waals surface area contributed by atoms with Crippen LogP contribution in [0.25, 0.3) is 11.7 Å². The number of hydrogen-bond acceptors (Lipinski definition) is 5. The zero-order valence-corrected chi connectivity index (χ0v) is 7.30. The standard InChI is InChI=1S/C8H5N3O4/c12-5-3-4(8(13)14)10-6(11-5)7-9-1-2-15-7/h1-3H,(H,13,14)(H,10,11,12). The van der Waals surface area contributed by atoms with Crippen molar-refractivity contribution in [3.8, 4) is 11.7 Å². The zero-order chi connectivity index (χ0) is 10.8. The number of H-pyrrole nitrogens is 1. The van der Waals surface area contributed by atoms with Gasteiger partial charge in [0.15, 0.2) is 11.5 Å². The molecule has 7 nitrogen and oxygen atoms in total. The molecule has 15 heavy (non-hydrogen) atoms. The van der Waals surface area contributed by atoms with Crippen LogP contribution in [0.5, 0.6) is 0 Å². The monoisotopic (exact) mass is 207 g/mol.